The average Bonchev–Trinajstić information content (AvgIpc) is 2.68. The number of guanidine groups is 1. The summed E-state index contributed by atoms with van der Waals surface area (Å²) in [4.78, 5) is 6.78. The highest BCUT2D eigenvalue weighted by molar-refractivity contribution is 5.79. The van der Waals surface area contributed by atoms with Crippen LogP contribution in [0.15, 0.2) is 23.2 Å². The van der Waals surface area contributed by atoms with Gasteiger partial charge >= 0.3 is 0 Å². The highest BCUT2D eigenvalue weighted by Gasteiger charge is 2.21. The largest absolute Gasteiger partial charge is 0.493 e. The number of nitrogens with one attached hydrogen (secondary N) is 2. The summed E-state index contributed by atoms with van der Waals surface area (Å²) in [5.74, 6) is 2.35. The number of rotatable bonds is 9. The van der Waals surface area contributed by atoms with E-state index in [1.165, 1.54) is 5.56 Å². The maximum absolute atomic E-state index is 5.79. The second kappa shape index (κ2) is 11.8. The summed E-state index contributed by atoms with van der Waals surface area (Å²) in [6.07, 6.45) is 2.60. The number of hydrogen-bond acceptors (Lipinski definition) is 5. The molecule has 1 aromatic carbocycles. The molecule has 0 aromatic heterocycles. The Labute approximate surface area is 169 Å². The molecule has 1 aliphatic heterocycles. The van der Waals surface area contributed by atoms with Crippen LogP contribution in [0.2, 0.25) is 0 Å². The fraction of sp³-hybridized carbons (Fsp3) is 0.667. The molecule has 1 aromatic rings. The summed E-state index contributed by atoms with van der Waals surface area (Å²) in [6, 6.07) is 6.01. The van der Waals surface area contributed by atoms with Crippen LogP contribution in [-0.4, -0.2) is 77.1 Å². The van der Waals surface area contributed by atoms with E-state index in [-0.39, 0.29) is 0 Å². The molecule has 0 spiro atoms. The van der Waals surface area contributed by atoms with Gasteiger partial charge in [0.1, 0.15) is 0 Å². The third kappa shape index (κ3) is 7.20. The maximum atomic E-state index is 5.79. The fourth-order valence-electron chi connectivity index (χ4n) is 3.56. The Balaban J connectivity index is 1.66. The second-order valence-corrected chi connectivity index (χ2v) is 7.24. The van der Waals surface area contributed by atoms with Crippen LogP contribution in [0.5, 0.6) is 11.5 Å². The molecule has 2 N–H and O–H groups in total. The van der Waals surface area contributed by atoms with Gasteiger partial charge in [-0.05, 0) is 44.4 Å². The average molecular weight is 393 g/mol. The van der Waals surface area contributed by atoms with E-state index in [9.17, 15) is 0 Å². The Hall–Kier alpha value is -1.99. The molecule has 0 radical (unpaired) electrons. The second-order valence-electron chi connectivity index (χ2n) is 7.24. The number of methoxy groups -OCH3 is 2. The van der Waals surface area contributed by atoms with Crippen molar-refractivity contribution in [3.8, 4) is 11.5 Å². The predicted octanol–water partition coefficient (Wildman–Crippen LogP) is 1.91. The minimum Gasteiger partial charge on any atom is -0.493 e. The normalized spacial score (nSPS) is 20.7. The van der Waals surface area contributed by atoms with Gasteiger partial charge in [-0.1, -0.05) is 6.07 Å². The van der Waals surface area contributed by atoms with Gasteiger partial charge in [0.25, 0.3) is 0 Å². The van der Waals surface area contributed by atoms with Crippen LogP contribution in [0, 0.1) is 0 Å². The smallest absolute Gasteiger partial charge is 0.190 e. The Morgan fingerprint density at radius 3 is 2.43 bits per heavy atom. The van der Waals surface area contributed by atoms with E-state index >= 15 is 0 Å². The summed E-state index contributed by atoms with van der Waals surface area (Å²) >= 11 is 0. The van der Waals surface area contributed by atoms with Crippen LogP contribution in [-0.2, 0) is 11.2 Å². The number of morpholine rings is 1. The van der Waals surface area contributed by atoms with E-state index in [4.69, 9.17) is 14.2 Å². The van der Waals surface area contributed by atoms with E-state index in [0.29, 0.717) is 12.2 Å². The SMILES string of the molecule is CN=C(NCCCN1CC(C)OC(C)C1)NCCc1ccc(OC)c(OC)c1. The summed E-state index contributed by atoms with van der Waals surface area (Å²) in [5, 5.41) is 6.76. The van der Waals surface area contributed by atoms with E-state index in [1.807, 2.05) is 12.1 Å². The molecule has 0 bridgehead atoms. The van der Waals surface area contributed by atoms with Crippen molar-refractivity contribution in [3.63, 3.8) is 0 Å². The van der Waals surface area contributed by atoms with Gasteiger partial charge in [-0.25, -0.2) is 0 Å². The lowest BCUT2D eigenvalue weighted by Crippen LogP contribution is -2.46. The first-order valence-corrected chi connectivity index (χ1v) is 10.1. The van der Waals surface area contributed by atoms with E-state index < -0.39 is 0 Å². The Kier molecular flexibility index (Phi) is 9.37. The molecule has 2 unspecified atom stereocenters. The molecule has 2 atom stereocenters. The van der Waals surface area contributed by atoms with Crippen LogP contribution in [0.4, 0.5) is 0 Å². The molecule has 7 heteroatoms. The highest BCUT2D eigenvalue weighted by atomic mass is 16.5. The molecule has 1 heterocycles. The topological polar surface area (TPSA) is 67.4 Å². The molecule has 1 fully saturated rings. The predicted molar refractivity (Wildman–Crippen MR) is 114 cm³/mol. The highest BCUT2D eigenvalue weighted by Crippen LogP contribution is 2.27. The fourth-order valence-corrected chi connectivity index (χ4v) is 3.56. The molecular weight excluding hydrogens is 356 g/mol. The van der Waals surface area contributed by atoms with Crippen LogP contribution < -0.4 is 20.1 Å². The van der Waals surface area contributed by atoms with Gasteiger partial charge < -0.3 is 24.8 Å². The number of ether oxygens (including phenoxy) is 3. The van der Waals surface area contributed by atoms with E-state index in [0.717, 1.165) is 63.0 Å². The van der Waals surface area contributed by atoms with Gasteiger partial charge in [0.2, 0.25) is 0 Å². The van der Waals surface area contributed by atoms with Crippen LogP contribution in [0.3, 0.4) is 0 Å². The standard InChI is InChI=1S/C21H36N4O3/c1-16-14-25(15-17(2)28-16)12-6-10-23-21(22-3)24-11-9-18-7-8-19(26-4)20(13-18)27-5/h7-8,13,16-17H,6,9-12,14-15H2,1-5H3,(H2,22,23,24). The first-order valence-electron chi connectivity index (χ1n) is 10.1. The molecule has 7 nitrogen and oxygen atoms in total. The van der Waals surface area contributed by atoms with Crippen molar-refractivity contribution in [1.82, 2.24) is 15.5 Å². The van der Waals surface area contributed by atoms with Crippen molar-refractivity contribution < 1.29 is 14.2 Å². The van der Waals surface area contributed by atoms with Crippen molar-refractivity contribution >= 4 is 5.96 Å². The van der Waals surface area contributed by atoms with Crippen LogP contribution in [0.1, 0.15) is 25.8 Å². The van der Waals surface area contributed by atoms with Gasteiger partial charge in [0.05, 0.1) is 26.4 Å². The molecule has 28 heavy (non-hydrogen) atoms. The Morgan fingerprint density at radius 1 is 1.11 bits per heavy atom. The number of hydrogen-bond donors (Lipinski definition) is 2. The van der Waals surface area contributed by atoms with Gasteiger partial charge in [-0.2, -0.15) is 0 Å². The minimum atomic E-state index is 0.322. The summed E-state index contributed by atoms with van der Waals surface area (Å²) in [7, 11) is 5.11. The first-order chi connectivity index (χ1) is 13.5. The molecule has 0 amide bonds. The lowest BCUT2D eigenvalue weighted by atomic mass is 10.1. The zero-order valence-electron chi connectivity index (χ0n) is 18.0. The quantitative estimate of drug-likeness (QED) is 0.380. The zero-order valence-corrected chi connectivity index (χ0v) is 18.0. The van der Waals surface area contributed by atoms with Gasteiger partial charge in [-0.3, -0.25) is 9.89 Å². The van der Waals surface area contributed by atoms with Gasteiger partial charge in [0, 0.05) is 39.8 Å². The Morgan fingerprint density at radius 2 is 1.79 bits per heavy atom. The molecule has 2 rings (SSSR count). The van der Waals surface area contributed by atoms with Crippen molar-refractivity contribution in [2.24, 2.45) is 4.99 Å². The molecule has 1 aliphatic rings. The van der Waals surface area contributed by atoms with Crippen LogP contribution >= 0.6 is 0 Å². The lowest BCUT2D eigenvalue weighted by molar-refractivity contribution is -0.0679. The number of benzene rings is 1. The molecular formula is C21H36N4O3. The van der Waals surface area contributed by atoms with Crippen LogP contribution in [0.25, 0.3) is 0 Å². The van der Waals surface area contributed by atoms with Crippen molar-refractivity contribution in [3.05, 3.63) is 23.8 Å². The van der Waals surface area contributed by atoms with Gasteiger partial charge in [0.15, 0.2) is 17.5 Å². The summed E-state index contributed by atoms with van der Waals surface area (Å²) in [5.41, 5.74) is 1.19. The molecule has 0 aliphatic carbocycles. The number of nitrogens with zero attached hydrogens (tertiary/aromatic N) is 2. The maximum Gasteiger partial charge on any atom is 0.190 e. The zero-order chi connectivity index (χ0) is 20.4. The summed E-state index contributed by atoms with van der Waals surface area (Å²) < 4.78 is 16.4. The molecule has 158 valence electrons. The third-order valence-electron chi connectivity index (χ3n) is 4.82. The molecule has 1 saturated heterocycles. The first kappa shape index (κ1) is 22.3. The summed E-state index contributed by atoms with van der Waals surface area (Å²) in [6.45, 7) is 9.10. The third-order valence-corrected chi connectivity index (χ3v) is 4.82. The number of aliphatic imine (C=N–C) groups is 1. The Bertz CT molecular complexity index is 614. The van der Waals surface area contributed by atoms with Crippen molar-refractivity contribution in [1.29, 1.82) is 0 Å². The van der Waals surface area contributed by atoms with E-state index in [2.05, 4.69) is 40.4 Å². The van der Waals surface area contributed by atoms with Gasteiger partial charge in [-0.15, -0.1) is 0 Å². The minimum absolute atomic E-state index is 0.322. The van der Waals surface area contributed by atoms with E-state index in [1.54, 1.807) is 21.3 Å². The monoisotopic (exact) mass is 392 g/mol. The van der Waals surface area contributed by atoms with Crippen molar-refractivity contribution in [2.45, 2.75) is 38.9 Å². The molecule has 0 saturated carbocycles. The van der Waals surface area contributed by atoms with Crippen molar-refractivity contribution in [2.75, 3.05) is 54.0 Å². The lowest BCUT2D eigenvalue weighted by Gasteiger charge is -2.35.